The third kappa shape index (κ3) is 4.59. The number of para-hydroxylation sites is 1. The number of hydrogen-bond donors (Lipinski definition) is 4. The van der Waals surface area contributed by atoms with Crippen LogP contribution in [0.1, 0.15) is 0 Å². The molecule has 0 aliphatic carbocycles. The number of hydrogen-bond acceptors (Lipinski definition) is 6. The molecule has 1 aromatic heterocycles. The minimum absolute atomic E-state index is 0.214. The first-order valence-electron chi connectivity index (χ1n) is 4.25. The average molecular weight is 258 g/mol. The Labute approximate surface area is 96.9 Å². The lowest BCUT2D eigenvalue weighted by atomic mass is 10.2. The van der Waals surface area contributed by atoms with Crippen LogP contribution < -0.4 is 11.5 Å². The van der Waals surface area contributed by atoms with Gasteiger partial charge in [0.1, 0.15) is 5.82 Å². The molecule has 0 spiro atoms. The summed E-state index contributed by atoms with van der Waals surface area (Å²) in [6, 6.07) is 7.49. The van der Waals surface area contributed by atoms with Gasteiger partial charge in [-0.2, -0.15) is 13.4 Å². The van der Waals surface area contributed by atoms with E-state index in [1.54, 1.807) is 0 Å². The van der Waals surface area contributed by atoms with Gasteiger partial charge in [-0.3, -0.25) is 9.11 Å². The van der Waals surface area contributed by atoms with E-state index in [4.69, 9.17) is 29.0 Å². The Hall–Kier alpha value is -1.97. The fourth-order valence-electron chi connectivity index (χ4n) is 1.12. The number of benzene rings is 1. The molecular weight excluding hydrogens is 248 g/mol. The number of nitrogen functional groups attached to an aromatic ring is 2. The molecule has 0 unspecified atom stereocenters. The summed E-state index contributed by atoms with van der Waals surface area (Å²) in [6.07, 6.45) is 0. The molecule has 2 rings (SSSR count). The van der Waals surface area contributed by atoms with Gasteiger partial charge in [0.05, 0.1) is 5.52 Å². The van der Waals surface area contributed by atoms with E-state index in [-0.39, 0.29) is 5.95 Å². The Kier molecular flexibility index (Phi) is 3.78. The molecule has 0 saturated carbocycles. The molecule has 9 heteroatoms. The summed E-state index contributed by atoms with van der Waals surface area (Å²) in [7, 11) is -4.67. The lowest BCUT2D eigenvalue weighted by Crippen LogP contribution is -1.99. The first-order chi connectivity index (χ1) is 7.77. The second-order valence-electron chi connectivity index (χ2n) is 2.93. The van der Waals surface area contributed by atoms with Crippen molar-refractivity contribution in [2.45, 2.75) is 0 Å². The largest absolute Gasteiger partial charge is 0.394 e. The molecule has 0 radical (unpaired) electrons. The molecule has 6 N–H and O–H groups in total. The summed E-state index contributed by atoms with van der Waals surface area (Å²) >= 11 is 0. The van der Waals surface area contributed by atoms with Gasteiger partial charge >= 0.3 is 10.4 Å². The van der Waals surface area contributed by atoms with Crippen LogP contribution in [0.3, 0.4) is 0 Å². The highest BCUT2D eigenvalue weighted by Crippen LogP contribution is 2.17. The second kappa shape index (κ2) is 4.91. The van der Waals surface area contributed by atoms with E-state index in [2.05, 4.69) is 9.97 Å². The molecule has 0 aliphatic rings. The maximum Gasteiger partial charge on any atom is 0.394 e. The van der Waals surface area contributed by atoms with Gasteiger partial charge in [0.25, 0.3) is 0 Å². The van der Waals surface area contributed by atoms with Gasteiger partial charge in [0, 0.05) is 5.39 Å². The van der Waals surface area contributed by atoms with Crippen molar-refractivity contribution in [1.29, 1.82) is 0 Å². The van der Waals surface area contributed by atoms with E-state index >= 15 is 0 Å². The van der Waals surface area contributed by atoms with E-state index in [0.717, 1.165) is 10.9 Å². The third-order valence-corrected chi connectivity index (χ3v) is 1.65. The van der Waals surface area contributed by atoms with Crippen LogP contribution in [-0.4, -0.2) is 27.5 Å². The Bertz CT molecular complexity index is 620. The van der Waals surface area contributed by atoms with Crippen LogP contribution in [0.5, 0.6) is 0 Å². The highest BCUT2D eigenvalue weighted by Gasteiger charge is 2.00. The molecule has 92 valence electrons. The topological polar surface area (TPSA) is 152 Å². The Morgan fingerprint density at radius 3 is 2.18 bits per heavy atom. The molecule has 8 nitrogen and oxygen atoms in total. The second-order valence-corrected chi connectivity index (χ2v) is 3.83. The van der Waals surface area contributed by atoms with Crippen molar-refractivity contribution in [2.24, 2.45) is 0 Å². The summed E-state index contributed by atoms with van der Waals surface area (Å²) in [5.74, 6) is 0.643. The van der Waals surface area contributed by atoms with Crippen LogP contribution in [-0.2, 0) is 10.4 Å². The summed E-state index contributed by atoms with van der Waals surface area (Å²) in [5.41, 5.74) is 11.8. The normalized spacial score (nSPS) is 10.7. The summed E-state index contributed by atoms with van der Waals surface area (Å²) < 4.78 is 31.6. The van der Waals surface area contributed by atoms with Crippen LogP contribution >= 0.6 is 0 Å². The molecule has 1 heterocycles. The van der Waals surface area contributed by atoms with Gasteiger partial charge < -0.3 is 11.5 Å². The third-order valence-electron chi connectivity index (χ3n) is 1.65. The van der Waals surface area contributed by atoms with E-state index in [1.807, 2.05) is 24.3 Å². The molecule has 1 aromatic carbocycles. The lowest BCUT2D eigenvalue weighted by molar-refractivity contribution is 0.381. The quantitative estimate of drug-likeness (QED) is 0.487. The van der Waals surface area contributed by atoms with Gasteiger partial charge in [-0.25, -0.2) is 4.98 Å². The summed E-state index contributed by atoms with van der Waals surface area (Å²) in [6.45, 7) is 0. The Morgan fingerprint density at radius 2 is 1.59 bits per heavy atom. The smallest absolute Gasteiger partial charge is 0.383 e. The van der Waals surface area contributed by atoms with Crippen LogP contribution in [0.25, 0.3) is 10.9 Å². The van der Waals surface area contributed by atoms with Crippen LogP contribution in [0, 0.1) is 0 Å². The Balaban J connectivity index is 0.000000249. The molecule has 0 saturated heterocycles. The number of fused-ring (bicyclic) bond motifs is 1. The minimum Gasteiger partial charge on any atom is -0.383 e. The highest BCUT2D eigenvalue weighted by molar-refractivity contribution is 7.79. The molecule has 2 aromatic rings. The Morgan fingerprint density at radius 1 is 1.06 bits per heavy atom. The van der Waals surface area contributed by atoms with Crippen molar-refractivity contribution in [3.8, 4) is 0 Å². The van der Waals surface area contributed by atoms with Gasteiger partial charge in [-0.05, 0) is 12.1 Å². The van der Waals surface area contributed by atoms with E-state index in [1.165, 1.54) is 0 Å². The van der Waals surface area contributed by atoms with Gasteiger partial charge in [0.15, 0.2) is 0 Å². The van der Waals surface area contributed by atoms with E-state index in [0.29, 0.717) is 5.82 Å². The van der Waals surface area contributed by atoms with Crippen LogP contribution in [0.15, 0.2) is 24.3 Å². The number of aromatic nitrogens is 2. The van der Waals surface area contributed by atoms with Crippen molar-refractivity contribution >= 4 is 33.1 Å². The van der Waals surface area contributed by atoms with Gasteiger partial charge in [-0.15, -0.1) is 0 Å². The average Bonchev–Trinajstić information content (AvgIpc) is 2.14. The number of nitrogens with two attached hydrogens (primary N) is 2. The highest BCUT2D eigenvalue weighted by atomic mass is 32.3. The van der Waals surface area contributed by atoms with Crippen LogP contribution in [0.4, 0.5) is 11.8 Å². The predicted molar refractivity (Wildman–Crippen MR) is 62.5 cm³/mol. The fourth-order valence-corrected chi connectivity index (χ4v) is 1.12. The number of anilines is 2. The van der Waals surface area contributed by atoms with Crippen LogP contribution in [0.2, 0.25) is 0 Å². The van der Waals surface area contributed by atoms with Crippen molar-refractivity contribution in [2.75, 3.05) is 11.5 Å². The first kappa shape index (κ1) is 13.1. The predicted octanol–water partition coefficient (Wildman–Crippen LogP) is 0.141. The van der Waals surface area contributed by atoms with E-state index in [9.17, 15) is 0 Å². The van der Waals surface area contributed by atoms with E-state index < -0.39 is 10.4 Å². The van der Waals surface area contributed by atoms with Gasteiger partial charge in [-0.1, -0.05) is 12.1 Å². The lowest BCUT2D eigenvalue weighted by Gasteiger charge is -2.00. The number of rotatable bonds is 0. The monoisotopic (exact) mass is 258 g/mol. The maximum atomic E-state index is 8.74. The molecule has 0 fully saturated rings. The number of nitrogens with zero attached hydrogens (tertiary/aromatic N) is 2. The van der Waals surface area contributed by atoms with Crippen molar-refractivity contribution in [1.82, 2.24) is 9.97 Å². The summed E-state index contributed by atoms with van der Waals surface area (Å²) in [5, 5.41) is 0.840. The standard InChI is InChI=1S/C8H8N4.H2O4S/c9-7-5-3-1-2-4-6(5)11-8(10)12-7;1-5(2,3)4/h1-4H,(H4,9,10,11,12);(H2,1,2,3,4). The molecule has 0 aliphatic heterocycles. The molecule has 17 heavy (non-hydrogen) atoms. The molecule has 0 atom stereocenters. The molecular formula is C8H10N4O4S. The fraction of sp³-hybridized carbons (Fsp3) is 0. The maximum absolute atomic E-state index is 8.74. The minimum atomic E-state index is -4.67. The molecule has 0 amide bonds. The van der Waals surface area contributed by atoms with Crippen molar-refractivity contribution < 1.29 is 17.5 Å². The van der Waals surface area contributed by atoms with Crippen molar-refractivity contribution in [3.63, 3.8) is 0 Å². The SMILES string of the molecule is Nc1nc(N)c2ccccc2n1.O=S(=O)(O)O. The zero-order valence-electron chi connectivity index (χ0n) is 8.48. The molecule has 0 bridgehead atoms. The zero-order chi connectivity index (χ0) is 13.1. The summed E-state index contributed by atoms with van der Waals surface area (Å²) in [4.78, 5) is 7.87. The van der Waals surface area contributed by atoms with Crippen molar-refractivity contribution in [3.05, 3.63) is 24.3 Å². The first-order valence-corrected chi connectivity index (χ1v) is 5.64. The van der Waals surface area contributed by atoms with Gasteiger partial charge in [0.2, 0.25) is 5.95 Å². The zero-order valence-corrected chi connectivity index (χ0v) is 9.29.